The molecular weight excluding hydrogens is 288 g/mol. The molecule has 0 amide bonds. The van der Waals surface area contributed by atoms with Crippen molar-refractivity contribution in [3.05, 3.63) is 17.7 Å². The second-order valence-electron chi connectivity index (χ2n) is 4.98. The summed E-state index contributed by atoms with van der Waals surface area (Å²) in [6, 6.07) is 2.56. The second kappa shape index (κ2) is 7.33. The van der Waals surface area contributed by atoms with Gasteiger partial charge < -0.3 is 24.6 Å². The number of hydrogen-bond donors (Lipinski definition) is 2. The summed E-state index contributed by atoms with van der Waals surface area (Å²) in [5.74, 6) is 0.559. The van der Waals surface area contributed by atoms with Gasteiger partial charge >= 0.3 is 5.97 Å². The van der Waals surface area contributed by atoms with Crippen molar-refractivity contribution >= 4 is 5.97 Å². The summed E-state index contributed by atoms with van der Waals surface area (Å²) in [5, 5.41) is 12.9. The number of piperazine rings is 1. The first-order chi connectivity index (χ1) is 10.6. The first-order valence-electron chi connectivity index (χ1n) is 7.09. The van der Waals surface area contributed by atoms with E-state index in [2.05, 4.69) is 5.32 Å². The summed E-state index contributed by atoms with van der Waals surface area (Å²) < 4.78 is 15.9. The predicted molar refractivity (Wildman–Crippen MR) is 80.9 cm³/mol. The van der Waals surface area contributed by atoms with Gasteiger partial charge in [0.15, 0.2) is 11.5 Å². The minimum Gasteiger partial charge on any atom is -0.496 e. The van der Waals surface area contributed by atoms with Crippen LogP contribution in [0.15, 0.2) is 12.1 Å². The fourth-order valence-corrected chi connectivity index (χ4v) is 2.69. The van der Waals surface area contributed by atoms with Gasteiger partial charge in [-0.05, 0) is 6.07 Å². The van der Waals surface area contributed by atoms with Crippen molar-refractivity contribution in [1.29, 1.82) is 0 Å². The second-order valence-corrected chi connectivity index (χ2v) is 4.98. The van der Waals surface area contributed by atoms with Crippen LogP contribution in [0.3, 0.4) is 0 Å². The highest BCUT2D eigenvalue weighted by molar-refractivity contribution is 5.77. The molecule has 7 nitrogen and oxygen atoms in total. The smallest absolute Gasteiger partial charge is 0.325 e. The number of carboxylic acids is 1. The normalized spacial score (nSPS) is 16.9. The lowest BCUT2D eigenvalue weighted by Gasteiger charge is -2.33. The Balaban J connectivity index is 2.47. The lowest BCUT2D eigenvalue weighted by molar-refractivity contribution is -0.144. The molecule has 1 aromatic carbocycles. The summed E-state index contributed by atoms with van der Waals surface area (Å²) in [7, 11) is 4.57. The van der Waals surface area contributed by atoms with Gasteiger partial charge in [-0.1, -0.05) is 0 Å². The zero-order valence-corrected chi connectivity index (χ0v) is 13.1. The molecule has 0 saturated carbocycles. The molecular formula is C15H22N2O5. The van der Waals surface area contributed by atoms with E-state index in [1.165, 1.54) is 21.3 Å². The number of ether oxygens (including phenoxy) is 3. The van der Waals surface area contributed by atoms with Crippen molar-refractivity contribution in [2.75, 3.05) is 47.5 Å². The van der Waals surface area contributed by atoms with Gasteiger partial charge in [0.25, 0.3) is 0 Å². The third-order valence-electron chi connectivity index (χ3n) is 3.78. The minimum absolute atomic E-state index is 0.476. The van der Waals surface area contributed by atoms with Gasteiger partial charge in [-0.15, -0.1) is 0 Å². The molecule has 0 bridgehead atoms. The highest BCUT2D eigenvalue weighted by Gasteiger charge is 2.32. The van der Waals surface area contributed by atoms with Crippen LogP contribution in [0.25, 0.3) is 0 Å². The Kier molecular flexibility index (Phi) is 5.46. The molecule has 0 radical (unpaired) electrons. The van der Waals surface area contributed by atoms with Crippen molar-refractivity contribution in [1.82, 2.24) is 10.2 Å². The van der Waals surface area contributed by atoms with Gasteiger partial charge in [-0.25, -0.2) is 0 Å². The van der Waals surface area contributed by atoms with E-state index in [4.69, 9.17) is 14.2 Å². The number of carboxylic acid groups (broad SMARTS) is 1. The zero-order valence-electron chi connectivity index (χ0n) is 13.1. The molecule has 2 rings (SSSR count). The van der Waals surface area contributed by atoms with Crippen LogP contribution >= 0.6 is 0 Å². The lowest BCUT2D eigenvalue weighted by atomic mass is 10.0. The Morgan fingerprint density at radius 1 is 1.09 bits per heavy atom. The standard InChI is InChI=1S/C15H22N2O5/c1-20-11-9-13(22-3)12(21-2)8-10(11)14(15(18)19)17-6-4-16-5-7-17/h8-9,14,16H,4-7H2,1-3H3,(H,18,19). The van der Waals surface area contributed by atoms with Crippen LogP contribution in [-0.2, 0) is 4.79 Å². The molecule has 1 aliphatic heterocycles. The monoisotopic (exact) mass is 310 g/mol. The van der Waals surface area contributed by atoms with Crippen molar-refractivity contribution in [3.63, 3.8) is 0 Å². The molecule has 1 saturated heterocycles. The van der Waals surface area contributed by atoms with Crippen LogP contribution in [0, 0.1) is 0 Å². The first-order valence-corrected chi connectivity index (χ1v) is 7.09. The van der Waals surface area contributed by atoms with E-state index in [0.717, 1.165) is 13.1 Å². The van der Waals surface area contributed by atoms with Crippen molar-refractivity contribution in [3.8, 4) is 17.2 Å². The minimum atomic E-state index is -0.910. The number of methoxy groups -OCH3 is 3. The Bertz CT molecular complexity index is 529. The SMILES string of the molecule is COc1cc(OC)c(C(C(=O)O)N2CCNCC2)cc1OC. The Labute approximate surface area is 129 Å². The number of benzene rings is 1. The molecule has 7 heteroatoms. The number of aliphatic carboxylic acids is 1. The van der Waals surface area contributed by atoms with Crippen molar-refractivity contribution in [2.45, 2.75) is 6.04 Å². The molecule has 1 aliphatic rings. The van der Waals surface area contributed by atoms with E-state index in [-0.39, 0.29) is 0 Å². The summed E-state index contributed by atoms with van der Waals surface area (Å²) in [5.41, 5.74) is 0.564. The van der Waals surface area contributed by atoms with Crippen LogP contribution in [-0.4, -0.2) is 63.5 Å². The fraction of sp³-hybridized carbons (Fsp3) is 0.533. The molecule has 1 aromatic rings. The fourth-order valence-electron chi connectivity index (χ4n) is 2.69. The highest BCUT2D eigenvalue weighted by Crippen LogP contribution is 2.39. The van der Waals surface area contributed by atoms with Crippen LogP contribution in [0.2, 0.25) is 0 Å². The third-order valence-corrected chi connectivity index (χ3v) is 3.78. The van der Waals surface area contributed by atoms with Gasteiger partial charge in [0.2, 0.25) is 0 Å². The molecule has 0 aliphatic carbocycles. The molecule has 0 spiro atoms. The number of carbonyl (C=O) groups is 1. The maximum Gasteiger partial charge on any atom is 0.325 e. The highest BCUT2D eigenvalue weighted by atomic mass is 16.5. The molecule has 1 fully saturated rings. The van der Waals surface area contributed by atoms with E-state index in [1.807, 2.05) is 4.90 Å². The summed E-state index contributed by atoms with van der Waals surface area (Å²) in [6.07, 6.45) is 0. The van der Waals surface area contributed by atoms with Gasteiger partial charge in [0.05, 0.1) is 21.3 Å². The average molecular weight is 310 g/mol. The van der Waals surface area contributed by atoms with Gasteiger partial charge in [-0.3, -0.25) is 9.69 Å². The van der Waals surface area contributed by atoms with E-state index >= 15 is 0 Å². The summed E-state index contributed by atoms with van der Waals surface area (Å²) >= 11 is 0. The molecule has 0 aromatic heterocycles. The Hall–Kier alpha value is -1.99. The maximum absolute atomic E-state index is 11.8. The Morgan fingerprint density at radius 3 is 2.14 bits per heavy atom. The summed E-state index contributed by atoms with van der Waals surface area (Å²) in [4.78, 5) is 13.8. The zero-order chi connectivity index (χ0) is 16.1. The first kappa shape index (κ1) is 16.4. The predicted octanol–water partition coefficient (Wildman–Crippen LogP) is 0.743. The third kappa shape index (κ3) is 3.26. The number of nitrogens with one attached hydrogen (secondary N) is 1. The molecule has 122 valence electrons. The molecule has 22 heavy (non-hydrogen) atoms. The topological polar surface area (TPSA) is 80.3 Å². The molecule has 2 N–H and O–H groups in total. The van der Waals surface area contributed by atoms with E-state index in [1.54, 1.807) is 12.1 Å². The van der Waals surface area contributed by atoms with Crippen LogP contribution in [0.1, 0.15) is 11.6 Å². The molecule has 1 unspecified atom stereocenters. The quantitative estimate of drug-likeness (QED) is 0.802. The Morgan fingerprint density at radius 2 is 1.64 bits per heavy atom. The van der Waals surface area contributed by atoms with E-state index in [9.17, 15) is 9.90 Å². The van der Waals surface area contributed by atoms with Crippen LogP contribution in [0.4, 0.5) is 0 Å². The molecule has 1 atom stereocenters. The summed E-state index contributed by atoms with van der Waals surface area (Å²) in [6.45, 7) is 2.85. The van der Waals surface area contributed by atoms with E-state index < -0.39 is 12.0 Å². The van der Waals surface area contributed by atoms with Gasteiger partial charge in [0, 0.05) is 37.8 Å². The van der Waals surface area contributed by atoms with Gasteiger partial charge in [-0.2, -0.15) is 0 Å². The lowest BCUT2D eigenvalue weighted by Crippen LogP contribution is -2.47. The number of hydrogen-bond acceptors (Lipinski definition) is 6. The van der Waals surface area contributed by atoms with E-state index in [0.29, 0.717) is 35.9 Å². The average Bonchev–Trinajstić information content (AvgIpc) is 2.55. The van der Waals surface area contributed by atoms with Crippen LogP contribution in [0.5, 0.6) is 17.2 Å². The number of nitrogens with zero attached hydrogens (tertiary/aromatic N) is 1. The number of rotatable bonds is 6. The van der Waals surface area contributed by atoms with Crippen LogP contribution < -0.4 is 19.5 Å². The van der Waals surface area contributed by atoms with Crippen molar-refractivity contribution < 1.29 is 24.1 Å². The maximum atomic E-state index is 11.8. The molecule has 1 heterocycles. The van der Waals surface area contributed by atoms with Crippen molar-refractivity contribution in [2.24, 2.45) is 0 Å². The van der Waals surface area contributed by atoms with Gasteiger partial charge in [0.1, 0.15) is 11.8 Å². The largest absolute Gasteiger partial charge is 0.496 e.